The number of carbonyl (C=O) groups is 1. The average molecular weight is 579 g/mol. The zero-order chi connectivity index (χ0) is 29.4. The summed E-state index contributed by atoms with van der Waals surface area (Å²) in [6, 6.07) is 29.7. The van der Waals surface area contributed by atoms with Gasteiger partial charge < -0.3 is 23.9 Å². The number of carboxylic acids is 1. The van der Waals surface area contributed by atoms with Crippen molar-refractivity contribution in [2.75, 3.05) is 7.11 Å². The monoisotopic (exact) mass is 578 g/mol. The van der Waals surface area contributed by atoms with Gasteiger partial charge in [0.1, 0.15) is 17.4 Å². The minimum atomic E-state index is -1.39. The SMILES string of the molecule is COc1cc(-n2c3ccccc3c3c(OC(C)(C)C(=O)O)cccc32)ccc1OCc1sc(-c2ccccc2)nc1C. The number of fused-ring (bicyclic) bond motifs is 3. The molecule has 6 rings (SSSR count). The van der Waals surface area contributed by atoms with Crippen LogP contribution in [0, 0.1) is 6.92 Å². The van der Waals surface area contributed by atoms with Crippen LogP contribution in [0.15, 0.2) is 91.0 Å². The van der Waals surface area contributed by atoms with Crippen molar-refractivity contribution >= 4 is 39.1 Å². The van der Waals surface area contributed by atoms with Crippen LogP contribution in [0.5, 0.6) is 17.2 Å². The van der Waals surface area contributed by atoms with Crippen LogP contribution < -0.4 is 14.2 Å². The number of aliphatic carboxylic acids is 1. The van der Waals surface area contributed by atoms with Gasteiger partial charge in [0, 0.05) is 17.0 Å². The lowest BCUT2D eigenvalue weighted by molar-refractivity contribution is -0.152. The predicted molar refractivity (Wildman–Crippen MR) is 166 cm³/mol. The number of ether oxygens (including phenoxy) is 3. The molecule has 0 radical (unpaired) electrons. The molecule has 0 aliphatic rings. The quantitative estimate of drug-likeness (QED) is 0.187. The number of methoxy groups -OCH3 is 1. The Hall–Kier alpha value is -4.82. The highest BCUT2D eigenvalue weighted by molar-refractivity contribution is 7.15. The van der Waals surface area contributed by atoms with Crippen molar-refractivity contribution in [2.45, 2.75) is 33.0 Å². The van der Waals surface area contributed by atoms with Crippen LogP contribution in [0.1, 0.15) is 24.4 Å². The molecule has 0 atom stereocenters. The first kappa shape index (κ1) is 27.4. The summed E-state index contributed by atoms with van der Waals surface area (Å²) in [5.41, 5.74) is 3.37. The second-order valence-electron chi connectivity index (χ2n) is 10.4. The molecule has 2 aromatic heterocycles. The van der Waals surface area contributed by atoms with Gasteiger partial charge >= 0.3 is 5.97 Å². The van der Waals surface area contributed by atoms with E-state index >= 15 is 0 Å². The van der Waals surface area contributed by atoms with Gasteiger partial charge in [0.2, 0.25) is 0 Å². The number of hydrogen-bond donors (Lipinski definition) is 1. The average Bonchev–Trinajstić information content (AvgIpc) is 3.54. The fourth-order valence-electron chi connectivity index (χ4n) is 4.99. The van der Waals surface area contributed by atoms with Crippen LogP contribution in [-0.4, -0.2) is 33.3 Å². The lowest BCUT2D eigenvalue weighted by Gasteiger charge is -2.22. The fraction of sp³-hybridized carbons (Fsp3) is 0.176. The van der Waals surface area contributed by atoms with Gasteiger partial charge in [-0.1, -0.05) is 54.6 Å². The number of rotatable bonds is 9. The number of aryl methyl sites for hydroxylation is 1. The fourth-order valence-corrected chi connectivity index (χ4v) is 5.97. The number of carboxylic acid groups (broad SMARTS) is 1. The standard InChI is InChI=1S/C34H30N2O5S/c1-21-30(42-32(35-21)22-11-6-5-7-12-22)20-40-27-18-17-23(19-29(27)39-4)36-25-14-9-8-13-24(25)31-26(36)15-10-16-28(31)41-34(2,3)33(37)38/h5-19H,20H2,1-4H3,(H,37,38). The molecule has 0 saturated carbocycles. The lowest BCUT2D eigenvalue weighted by Crippen LogP contribution is -2.37. The highest BCUT2D eigenvalue weighted by Gasteiger charge is 2.31. The molecule has 0 amide bonds. The summed E-state index contributed by atoms with van der Waals surface area (Å²) < 4.78 is 20.2. The molecule has 1 N–H and O–H groups in total. The first-order chi connectivity index (χ1) is 20.3. The van der Waals surface area contributed by atoms with E-state index in [4.69, 9.17) is 19.2 Å². The van der Waals surface area contributed by atoms with E-state index in [-0.39, 0.29) is 0 Å². The maximum absolute atomic E-state index is 11.8. The molecule has 0 aliphatic heterocycles. The highest BCUT2D eigenvalue weighted by Crippen LogP contribution is 2.40. The van der Waals surface area contributed by atoms with Crippen molar-refractivity contribution in [3.05, 3.63) is 102 Å². The largest absolute Gasteiger partial charge is 0.493 e. The Morgan fingerprint density at radius 2 is 1.64 bits per heavy atom. The van der Waals surface area contributed by atoms with Crippen LogP contribution in [0.25, 0.3) is 38.1 Å². The number of hydrogen-bond acceptors (Lipinski definition) is 6. The molecule has 6 aromatic rings. The number of aromatic nitrogens is 2. The van der Waals surface area contributed by atoms with Gasteiger partial charge in [-0.3, -0.25) is 0 Å². The smallest absolute Gasteiger partial charge is 0.347 e. The zero-order valence-electron chi connectivity index (χ0n) is 23.8. The minimum absolute atomic E-state index is 0.376. The van der Waals surface area contributed by atoms with Crippen molar-refractivity contribution in [1.82, 2.24) is 9.55 Å². The first-order valence-electron chi connectivity index (χ1n) is 13.5. The second-order valence-corrected chi connectivity index (χ2v) is 11.5. The normalized spacial score (nSPS) is 11.6. The van der Waals surface area contributed by atoms with Crippen LogP contribution in [-0.2, 0) is 11.4 Å². The Labute approximate surface area is 247 Å². The third-order valence-corrected chi connectivity index (χ3v) is 8.40. The third-order valence-electron chi connectivity index (χ3n) is 7.22. The topological polar surface area (TPSA) is 82.8 Å². The molecule has 212 valence electrons. The summed E-state index contributed by atoms with van der Waals surface area (Å²) in [5, 5.41) is 12.5. The van der Waals surface area contributed by atoms with Crippen molar-refractivity contribution in [1.29, 1.82) is 0 Å². The molecular formula is C34H30N2O5S. The Morgan fingerprint density at radius 1 is 0.905 bits per heavy atom. The summed E-state index contributed by atoms with van der Waals surface area (Å²) in [6.45, 7) is 5.47. The molecular weight excluding hydrogens is 548 g/mol. The molecule has 7 nitrogen and oxygen atoms in total. The van der Waals surface area contributed by atoms with Gasteiger partial charge in [0.25, 0.3) is 0 Å². The second kappa shape index (κ2) is 10.9. The predicted octanol–water partition coefficient (Wildman–Crippen LogP) is 8.05. The molecule has 0 aliphatic carbocycles. The van der Waals surface area contributed by atoms with Crippen LogP contribution >= 0.6 is 11.3 Å². The summed E-state index contributed by atoms with van der Waals surface area (Å²) >= 11 is 1.63. The summed E-state index contributed by atoms with van der Waals surface area (Å²) in [5.74, 6) is 0.705. The van der Waals surface area contributed by atoms with Gasteiger partial charge in [0.05, 0.1) is 39.8 Å². The Balaban J connectivity index is 1.36. The summed E-state index contributed by atoms with van der Waals surface area (Å²) in [7, 11) is 1.63. The van der Waals surface area contributed by atoms with Crippen LogP contribution in [0.4, 0.5) is 0 Å². The zero-order valence-corrected chi connectivity index (χ0v) is 24.6. The van der Waals surface area contributed by atoms with E-state index in [0.717, 1.165) is 48.6 Å². The molecule has 2 heterocycles. The van der Waals surface area contributed by atoms with Gasteiger partial charge in [-0.25, -0.2) is 9.78 Å². The van der Waals surface area contributed by atoms with Crippen molar-refractivity contribution in [2.24, 2.45) is 0 Å². The molecule has 8 heteroatoms. The number of para-hydroxylation sites is 1. The van der Waals surface area contributed by atoms with Crippen molar-refractivity contribution in [3.8, 4) is 33.5 Å². The van der Waals surface area contributed by atoms with E-state index in [1.165, 1.54) is 0 Å². The highest BCUT2D eigenvalue weighted by atomic mass is 32.1. The van der Waals surface area contributed by atoms with Gasteiger partial charge in [0.15, 0.2) is 17.1 Å². The van der Waals surface area contributed by atoms with Crippen LogP contribution in [0.3, 0.4) is 0 Å². The summed E-state index contributed by atoms with van der Waals surface area (Å²) in [6.07, 6.45) is 0. The molecule has 0 fully saturated rings. The number of nitrogens with zero attached hydrogens (tertiary/aromatic N) is 2. The van der Waals surface area contributed by atoms with E-state index in [1.807, 2.05) is 85.8 Å². The Morgan fingerprint density at radius 3 is 2.40 bits per heavy atom. The van der Waals surface area contributed by atoms with Crippen molar-refractivity contribution in [3.63, 3.8) is 0 Å². The van der Waals surface area contributed by atoms with Crippen LogP contribution in [0.2, 0.25) is 0 Å². The van der Waals surface area contributed by atoms with E-state index < -0.39 is 11.6 Å². The molecule has 42 heavy (non-hydrogen) atoms. The van der Waals surface area contributed by atoms with E-state index in [0.29, 0.717) is 23.9 Å². The number of benzene rings is 4. The lowest BCUT2D eigenvalue weighted by atomic mass is 10.1. The first-order valence-corrected chi connectivity index (χ1v) is 14.4. The van der Waals surface area contributed by atoms with E-state index in [9.17, 15) is 9.90 Å². The number of thiazole rings is 1. The van der Waals surface area contributed by atoms with Gasteiger partial charge in [-0.15, -0.1) is 11.3 Å². The molecule has 0 unspecified atom stereocenters. The third kappa shape index (κ3) is 4.94. The molecule has 4 aromatic carbocycles. The van der Waals surface area contributed by atoms with E-state index in [2.05, 4.69) is 16.7 Å². The van der Waals surface area contributed by atoms with Crippen molar-refractivity contribution < 1.29 is 24.1 Å². The van der Waals surface area contributed by atoms with Gasteiger partial charge in [-0.05, 0) is 51.1 Å². The Bertz CT molecular complexity index is 1920. The molecule has 0 spiro atoms. The van der Waals surface area contributed by atoms with E-state index in [1.54, 1.807) is 32.3 Å². The maximum Gasteiger partial charge on any atom is 0.347 e. The maximum atomic E-state index is 11.8. The molecule has 0 saturated heterocycles. The van der Waals surface area contributed by atoms with Gasteiger partial charge in [-0.2, -0.15) is 0 Å². The Kier molecular flexibility index (Phi) is 7.08. The molecule has 0 bridgehead atoms. The minimum Gasteiger partial charge on any atom is -0.493 e. The summed E-state index contributed by atoms with van der Waals surface area (Å²) in [4.78, 5) is 17.6.